The molecule has 0 bridgehead atoms. The van der Waals surface area contributed by atoms with Gasteiger partial charge in [0.25, 0.3) is 0 Å². The van der Waals surface area contributed by atoms with Crippen LogP contribution in [0.3, 0.4) is 0 Å². The van der Waals surface area contributed by atoms with Gasteiger partial charge in [-0.1, -0.05) is 63.9 Å². The molecule has 0 saturated heterocycles. The van der Waals surface area contributed by atoms with Gasteiger partial charge in [-0.2, -0.15) is 13.2 Å². The van der Waals surface area contributed by atoms with Gasteiger partial charge < -0.3 is 4.90 Å². The van der Waals surface area contributed by atoms with Gasteiger partial charge in [-0.25, -0.2) is 0 Å². The first-order valence-corrected chi connectivity index (χ1v) is 9.29. The summed E-state index contributed by atoms with van der Waals surface area (Å²) in [6, 6.07) is 15.6. The number of fused-ring (bicyclic) bond motifs is 3. The van der Waals surface area contributed by atoms with Crippen molar-refractivity contribution in [1.29, 1.82) is 0 Å². The number of nitrogens with zero attached hydrogens (tertiary/aromatic N) is 2. The molecule has 0 saturated carbocycles. The molecule has 0 amide bonds. The Labute approximate surface area is 167 Å². The number of anilines is 1. The maximum atomic E-state index is 13.8. The zero-order valence-electron chi connectivity index (χ0n) is 14.1. The molecule has 4 rings (SSSR count). The highest BCUT2D eigenvalue weighted by Crippen LogP contribution is 2.45. The van der Waals surface area contributed by atoms with Crippen molar-refractivity contribution in [2.45, 2.75) is 12.3 Å². The van der Waals surface area contributed by atoms with Gasteiger partial charge in [0.05, 0.1) is 5.69 Å². The Morgan fingerprint density at radius 2 is 1.67 bits per heavy atom. The third-order valence-electron chi connectivity index (χ3n) is 4.63. The largest absolute Gasteiger partial charge is 0.433 e. The molecule has 27 heavy (non-hydrogen) atoms. The Morgan fingerprint density at radius 3 is 2.30 bits per heavy atom. The van der Waals surface area contributed by atoms with Gasteiger partial charge in [0, 0.05) is 27.5 Å². The fourth-order valence-electron chi connectivity index (χ4n) is 3.44. The van der Waals surface area contributed by atoms with Crippen LogP contribution in [-0.4, -0.2) is 18.9 Å². The lowest BCUT2D eigenvalue weighted by Crippen LogP contribution is -2.36. The Morgan fingerprint density at radius 1 is 1.04 bits per heavy atom. The second-order valence-corrected chi connectivity index (χ2v) is 7.60. The van der Waals surface area contributed by atoms with Crippen molar-refractivity contribution >= 4 is 49.7 Å². The van der Waals surface area contributed by atoms with E-state index in [9.17, 15) is 13.2 Å². The molecule has 138 valence electrons. The lowest BCUT2D eigenvalue weighted by molar-refractivity contribution is -0.0585. The van der Waals surface area contributed by atoms with E-state index in [0.29, 0.717) is 20.7 Å². The lowest BCUT2D eigenvalue weighted by Gasteiger charge is -2.36. The number of benzene rings is 3. The molecule has 0 fully saturated rings. The minimum Gasteiger partial charge on any atom is -0.348 e. The summed E-state index contributed by atoms with van der Waals surface area (Å²) in [4.78, 5) is 5.86. The van der Waals surface area contributed by atoms with Crippen LogP contribution in [0.2, 0.25) is 5.02 Å². The molecule has 2 nitrogen and oxygen atoms in total. The van der Waals surface area contributed by atoms with Crippen molar-refractivity contribution in [3.8, 4) is 0 Å². The molecule has 3 aromatic rings. The molecule has 1 unspecified atom stereocenters. The van der Waals surface area contributed by atoms with Gasteiger partial charge in [-0.15, -0.1) is 0 Å². The highest BCUT2D eigenvalue weighted by atomic mass is 79.9. The fourth-order valence-corrected chi connectivity index (χ4v) is 4.14. The molecule has 1 heterocycles. The quantitative estimate of drug-likeness (QED) is 0.398. The van der Waals surface area contributed by atoms with Crippen LogP contribution in [0.5, 0.6) is 0 Å². The molecule has 1 atom stereocenters. The zero-order chi connectivity index (χ0) is 19.3. The first-order valence-electron chi connectivity index (χ1n) is 8.12. The third kappa shape index (κ3) is 3.11. The lowest BCUT2D eigenvalue weighted by atomic mass is 9.96. The second-order valence-electron chi connectivity index (χ2n) is 6.31. The Kier molecular flexibility index (Phi) is 4.43. The predicted octanol–water partition coefficient (Wildman–Crippen LogP) is 6.76. The highest BCUT2D eigenvalue weighted by molar-refractivity contribution is 9.10. The van der Waals surface area contributed by atoms with E-state index in [0.717, 1.165) is 10.8 Å². The van der Waals surface area contributed by atoms with E-state index in [1.165, 1.54) is 6.07 Å². The summed E-state index contributed by atoms with van der Waals surface area (Å²) < 4.78 is 42.1. The van der Waals surface area contributed by atoms with Gasteiger partial charge >= 0.3 is 6.18 Å². The zero-order valence-corrected chi connectivity index (χ0v) is 16.4. The monoisotopic (exact) mass is 452 g/mol. The smallest absolute Gasteiger partial charge is 0.348 e. The number of hydrogen-bond donors (Lipinski definition) is 0. The van der Waals surface area contributed by atoms with Crippen LogP contribution in [-0.2, 0) is 0 Å². The average Bonchev–Trinajstić information content (AvgIpc) is 2.62. The van der Waals surface area contributed by atoms with E-state index >= 15 is 0 Å². The molecule has 7 heteroatoms. The van der Waals surface area contributed by atoms with Crippen molar-refractivity contribution < 1.29 is 13.2 Å². The molecular formula is C20H13BrClF3N2. The van der Waals surface area contributed by atoms with Gasteiger partial charge in [-0.05, 0) is 29.1 Å². The third-order valence-corrected chi connectivity index (χ3v) is 5.54. The van der Waals surface area contributed by atoms with Gasteiger partial charge in [0.1, 0.15) is 6.17 Å². The molecular weight excluding hydrogens is 441 g/mol. The fraction of sp³-hybridized carbons (Fsp3) is 0.150. The molecule has 0 spiro atoms. The molecule has 0 radical (unpaired) electrons. The summed E-state index contributed by atoms with van der Waals surface area (Å²) in [6.45, 7) is 0. The van der Waals surface area contributed by atoms with Crippen LogP contribution < -0.4 is 4.90 Å². The summed E-state index contributed by atoms with van der Waals surface area (Å²) in [6.07, 6.45) is -5.36. The first-order chi connectivity index (χ1) is 12.8. The SMILES string of the molecule is CN1c2c(cc(Br)c3ccccc23)C(C(F)(F)F)=NC1c1ccc(Cl)cc1. The number of hydrogen-bond acceptors (Lipinski definition) is 2. The van der Waals surface area contributed by atoms with Crippen LogP contribution >= 0.6 is 27.5 Å². The van der Waals surface area contributed by atoms with E-state index in [1.807, 2.05) is 24.3 Å². The van der Waals surface area contributed by atoms with Crippen LogP contribution in [0.15, 0.2) is 64.1 Å². The van der Waals surface area contributed by atoms with Crippen molar-refractivity contribution in [2.24, 2.45) is 4.99 Å². The van der Waals surface area contributed by atoms with Gasteiger partial charge in [0.15, 0.2) is 5.71 Å². The van der Waals surface area contributed by atoms with Crippen molar-refractivity contribution in [3.63, 3.8) is 0 Å². The number of alkyl halides is 3. The molecule has 1 aliphatic heterocycles. The average molecular weight is 454 g/mol. The van der Waals surface area contributed by atoms with Crippen molar-refractivity contribution in [3.05, 3.63) is 75.2 Å². The highest BCUT2D eigenvalue weighted by Gasteiger charge is 2.43. The first kappa shape index (κ1) is 18.3. The minimum atomic E-state index is -4.57. The summed E-state index contributed by atoms with van der Waals surface area (Å²) in [5.41, 5.74) is 0.347. The maximum Gasteiger partial charge on any atom is 0.433 e. The molecule has 0 aromatic heterocycles. The summed E-state index contributed by atoms with van der Waals surface area (Å²) in [5, 5.41) is 2.10. The van der Waals surface area contributed by atoms with Crippen LogP contribution in [0.4, 0.5) is 18.9 Å². The van der Waals surface area contributed by atoms with E-state index in [1.54, 1.807) is 36.2 Å². The van der Waals surface area contributed by atoms with Crippen LogP contribution in [0, 0.1) is 0 Å². The minimum absolute atomic E-state index is 0.0702. The molecule has 0 N–H and O–H groups in total. The molecule has 0 aliphatic carbocycles. The van der Waals surface area contributed by atoms with E-state index in [2.05, 4.69) is 20.9 Å². The van der Waals surface area contributed by atoms with Gasteiger partial charge in [0.2, 0.25) is 0 Å². The van der Waals surface area contributed by atoms with Crippen LogP contribution in [0.1, 0.15) is 17.3 Å². The normalized spacial score (nSPS) is 17.0. The second kappa shape index (κ2) is 6.53. The molecule has 1 aliphatic rings. The summed E-state index contributed by atoms with van der Waals surface area (Å²) in [5.74, 6) is 0. The van der Waals surface area contributed by atoms with Crippen LogP contribution in [0.25, 0.3) is 10.8 Å². The Balaban J connectivity index is 2.02. The van der Waals surface area contributed by atoms with Gasteiger partial charge in [-0.3, -0.25) is 4.99 Å². The summed E-state index contributed by atoms with van der Waals surface area (Å²) in [7, 11) is 1.76. The predicted molar refractivity (Wildman–Crippen MR) is 107 cm³/mol. The Bertz CT molecular complexity index is 1060. The van der Waals surface area contributed by atoms with E-state index in [-0.39, 0.29) is 5.56 Å². The molecule has 3 aromatic carbocycles. The standard InChI is InChI=1S/C20H13BrClF3N2/c1-27-17-14-5-3-2-4-13(14)16(21)10-15(17)18(20(23,24)25)26-19(27)11-6-8-12(22)9-7-11/h2-10,19H,1H3. The number of aliphatic imine (C=N–C) groups is 1. The topological polar surface area (TPSA) is 15.6 Å². The van der Waals surface area contributed by atoms with E-state index < -0.39 is 18.1 Å². The van der Waals surface area contributed by atoms with E-state index in [4.69, 9.17) is 11.6 Å². The maximum absolute atomic E-state index is 13.8. The Hall–Kier alpha value is -2.05. The van der Waals surface area contributed by atoms with Crippen molar-refractivity contribution in [2.75, 3.05) is 11.9 Å². The summed E-state index contributed by atoms with van der Waals surface area (Å²) >= 11 is 9.33. The number of rotatable bonds is 1. The number of halogens is 5. The van der Waals surface area contributed by atoms with Crippen molar-refractivity contribution in [1.82, 2.24) is 0 Å².